The number of rotatable bonds is 8. The van der Waals surface area contributed by atoms with E-state index in [0.717, 1.165) is 32.2 Å². The zero-order valence-electron chi connectivity index (χ0n) is 14.4. The van der Waals surface area contributed by atoms with E-state index in [0.29, 0.717) is 19.5 Å². The molecule has 24 heavy (non-hydrogen) atoms. The van der Waals surface area contributed by atoms with Gasteiger partial charge in [-0.05, 0) is 38.3 Å². The highest BCUT2D eigenvalue weighted by atomic mass is 32.2. The van der Waals surface area contributed by atoms with E-state index in [-0.39, 0.29) is 5.91 Å². The lowest BCUT2D eigenvalue weighted by atomic mass is 10.2. The van der Waals surface area contributed by atoms with Crippen molar-refractivity contribution >= 4 is 21.6 Å². The van der Waals surface area contributed by atoms with Crippen LogP contribution in [0.3, 0.4) is 0 Å². The molecule has 0 spiro atoms. The van der Waals surface area contributed by atoms with Crippen LogP contribution in [0.25, 0.3) is 0 Å². The molecule has 0 aliphatic carbocycles. The molecule has 1 unspecified atom stereocenters. The Morgan fingerprint density at radius 3 is 2.67 bits per heavy atom. The summed E-state index contributed by atoms with van der Waals surface area (Å²) < 4.78 is 24.7. The number of anilines is 1. The van der Waals surface area contributed by atoms with Crippen LogP contribution in [-0.2, 0) is 14.8 Å². The molecule has 1 aliphatic heterocycles. The third-order valence-electron chi connectivity index (χ3n) is 4.34. The van der Waals surface area contributed by atoms with Gasteiger partial charge < -0.3 is 10.2 Å². The van der Waals surface area contributed by atoms with Crippen molar-refractivity contribution in [2.75, 3.05) is 37.3 Å². The fraction of sp³-hybridized carbons (Fsp3) is 0.588. The summed E-state index contributed by atoms with van der Waals surface area (Å²) in [5, 5.41) is 2.89. The van der Waals surface area contributed by atoms with Crippen LogP contribution < -0.4 is 10.2 Å². The molecule has 0 bridgehead atoms. The summed E-state index contributed by atoms with van der Waals surface area (Å²) in [5.74, 6) is -0.180. The largest absolute Gasteiger partial charge is 0.372 e. The normalized spacial score (nSPS) is 18.5. The van der Waals surface area contributed by atoms with Gasteiger partial charge in [0.2, 0.25) is 15.9 Å². The van der Waals surface area contributed by atoms with Crippen LogP contribution >= 0.6 is 0 Å². The molecule has 0 aromatic heterocycles. The number of para-hydroxylation sites is 1. The van der Waals surface area contributed by atoms with Gasteiger partial charge in [-0.3, -0.25) is 4.79 Å². The Bertz CT molecular complexity index is 634. The predicted octanol–water partition coefficient (Wildman–Crippen LogP) is 1.44. The highest BCUT2D eigenvalue weighted by molar-refractivity contribution is 7.88. The molecule has 1 atom stereocenters. The Morgan fingerprint density at radius 1 is 1.33 bits per heavy atom. The average molecular weight is 353 g/mol. The number of carbonyl (C=O) groups excluding carboxylic acids is 1. The maximum atomic E-state index is 12.3. The monoisotopic (exact) mass is 353 g/mol. The summed E-state index contributed by atoms with van der Waals surface area (Å²) in [6, 6.07) is 9.62. The average Bonchev–Trinajstić information content (AvgIpc) is 3.05. The number of sulfonamides is 1. The number of amides is 1. The van der Waals surface area contributed by atoms with Gasteiger partial charge in [-0.2, -0.15) is 4.31 Å². The fourth-order valence-electron chi connectivity index (χ4n) is 3.11. The Hall–Kier alpha value is -1.60. The quantitative estimate of drug-likeness (QED) is 0.718. The second-order valence-electron chi connectivity index (χ2n) is 6.09. The molecule has 6 nitrogen and oxygen atoms in total. The van der Waals surface area contributed by atoms with Gasteiger partial charge >= 0.3 is 0 Å². The lowest BCUT2D eigenvalue weighted by Crippen LogP contribution is -2.46. The van der Waals surface area contributed by atoms with Gasteiger partial charge in [0.25, 0.3) is 0 Å². The van der Waals surface area contributed by atoms with Crippen LogP contribution in [0.15, 0.2) is 30.3 Å². The standard InChI is InChI=1S/C17H27N3O3S/c1-3-19(15-9-5-4-6-10-15)13-8-12-18-17(21)16-11-7-14-20(16)24(2,22)23/h4-6,9-10,16H,3,7-8,11-14H2,1-2H3,(H,18,21). The molecular formula is C17H27N3O3S. The first kappa shape index (κ1) is 18.7. The van der Waals surface area contributed by atoms with E-state index >= 15 is 0 Å². The van der Waals surface area contributed by atoms with Crippen molar-refractivity contribution in [3.8, 4) is 0 Å². The Morgan fingerprint density at radius 2 is 2.04 bits per heavy atom. The lowest BCUT2D eigenvalue weighted by molar-refractivity contribution is -0.124. The van der Waals surface area contributed by atoms with Crippen LogP contribution in [0, 0.1) is 0 Å². The second-order valence-corrected chi connectivity index (χ2v) is 8.03. The highest BCUT2D eigenvalue weighted by Gasteiger charge is 2.36. The van der Waals surface area contributed by atoms with Gasteiger partial charge in [0.15, 0.2) is 0 Å². The molecule has 7 heteroatoms. The van der Waals surface area contributed by atoms with Gasteiger partial charge in [-0.25, -0.2) is 8.42 Å². The molecule has 1 N–H and O–H groups in total. The third-order valence-corrected chi connectivity index (χ3v) is 5.63. The Kier molecular flexibility index (Phi) is 6.62. The van der Waals surface area contributed by atoms with E-state index in [2.05, 4.69) is 29.3 Å². The topological polar surface area (TPSA) is 69.7 Å². The smallest absolute Gasteiger partial charge is 0.238 e. The van der Waals surface area contributed by atoms with Gasteiger partial charge in [-0.1, -0.05) is 18.2 Å². The molecule has 0 saturated carbocycles. The maximum Gasteiger partial charge on any atom is 0.238 e. The van der Waals surface area contributed by atoms with Crippen LogP contribution in [0.5, 0.6) is 0 Å². The van der Waals surface area contributed by atoms with Crippen molar-refractivity contribution in [1.82, 2.24) is 9.62 Å². The van der Waals surface area contributed by atoms with Gasteiger partial charge in [0, 0.05) is 31.9 Å². The number of benzene rings is 1. The molecular weight excluding hydrogens is 326 g/mol. The first-order chi connectivity index (χ1) is 11.4. The lowest BCUT2D eigenvalue weighted by Gasteiger charge is -2.24. The van der Waals surface area contributed by atoms with Crippen LogP contribution in [0.1, 0.15) is 26.2 Å². The van der Waals surface area contributed by atoms with Crippen molar-refractivity contribution in [1.29, 1.82) is 0 Å². The zero-order valence-corrected chi connectivity index (χ0v) is 15.3. The molecule has 1 amide bonds. The molecule has 1 aliphatic rings. The number of nitrogens with zero attached hydrogens (tertiary/aromatic N) is 2. The van der Waals surface area contributed by atoms with Crippen molar-refractivity contribution in [3.63, 3.8) is 0 Å². The van der Waals surface area contributed by atoms with Crippen molar-refractivity contribution in [2.45, 2.75) is 32.2 Å². The van der Waals surface area contributed by atoms with Crippen LogP contribution in [-0.4, -0.2) is 57.1 Å². The third kappa shape index (κ3) is 4.95. The molecule has 1 saturated heterocycles. The van der Waals surface area contributed by atoms with E-state index in [4.69, 9.17) is 0 Å². The summed E-state index contributed by atoms with van der Waals surface area (Å²) >= 11 is 0. The van der Waals surface area contributed by atoms with Crippen molar-refractivity contribution < 1.29 is 13.2 Å². The van der Waals surface area contributed by atoms with E-state index in [1.807, 2.05) is 18.2 Å². The predicted molar refractivity (Wildman–Crippen MR) is 96.5 cm³/mol. The molecule has 2 rings (SSSR count). The number of nitrogens with one attached hydrogen (secondary N) is 1. The first-order valence-corrected chi connectivity index (χ1v) is 10.3. The van der Waals surface area contributed by atoms with Gasteiger partial charge in [0.05, 0.1) is 6.26 Å². The molecule has 1 fully saturated rings. The molecule has 1 heterocycles. The zero-order chi connectivity index (χ0) is 17.6. The minimum Gasteiger partial charge on any atom is -0.372 e. The van der Waals surface area contributed by atoms with Crippen molar-refractivity contribution in [3.05, 3.63) is 30.3 Å². The fourth-order valence-corrected chi connectivity index (χ4v) is 4.23. The number of hydrogen-bond donors (Lipinski definition) is 1. The van der Waals surface area contributed by atoms with E-state index in [9.17, 15) is 13.2 Å². The van der Waals surface area contributed by atoms with Gasteiger partial charge in [-0.15, -0.1) is 0 Å². The highest BCUT2D eigenvalue weighted by Crippen LogP contribution is 2.20. The minimum atomic E-state index is -3.32. The molecule has 134 valence electrons. The summed E-state index contributed by atoms with van der Waals surface area (Å²) in [6.45, 7) is 4.85. The molecule has 0 radical (unpaired) electrons. The van der Waals surface area contributed by atoms with Crippen LogP contribution in [0.2, 0.25) is 0 Å². The summed E-state index contributed by atoms with van der Waals surface area (Å²) in [6.07, 6.45) is 3.32. The summed E-state index contributed by atoms with van der Waals surface area (Å²) in [7, 11) is -3.32. The number of carbonyl (C=O) groups is 1. The van der Waals surface area contributed by atoms with Gasteiger partial charge in [0.1, 0.15) is 6.04 Å². The Labute approximate surface area is 144 Å². The molecule has 1 aromatic rings. The Balaban J connectivity index is 1.78. The summed E-state index contributed by atoms with van der Waals surface area (Å²) in [4.78, 5) is 14.5. The first-order valence-electron chi connectivity index (χ1n) is 8.48. The van der Waals surface area contributed by atoms with E-state index in [1.54, 1.807) is 0 Å². The van der Waals surface area contributed by atoms with Crippen LogP contribution in [0.4, 0.5) is 5.69 Å². The van der Waals surface area contributed by atoms with Crippen molar-refractivity contribution in [2.24, 2.45) is 0 Å². The SMILES string of the molecule is CCN(CCCNC(=O)C1CCCN1S(C)(=O)=O)c1ccccc1. The number of hydrogen-bond acceptors (Lipinski definition) is 4. The minimum absolute atomic E-state index is 0.180. The maximum absolute atomic E-state index is 12.3. The van der Waals surface area contributed by atoms with E-state index < -0.39 is 16.1 Å². The molecule has 1 aromatic carbocycles. The second kappa shape index (κ2) is 8.48. The van der Waals surface area contributed by atoms with E-state index in [1.165, 1.54) is 9.99 Å². The summed E-state index contributed by atoms with van der Waals surface area (Å²) in [5.41, 5.74) is 1.17.